The Morgan fingerprint density at radius 1 is 0.825 bits per heavy atom. The SMILES string of the molecule is CC[C@H](C)[C@H](N)C(=O)C(NC(=O)[C@@](Cc1ccccc1)(C(=O)[C@@H](N)Cc1cnc[nH]1)[C@](O)(C(=O)COc1cccc2ccccc12)[C@H](O)[C@@H](N)Cc1ccccc1)c1ccccn1. The van der Waals surface area contributed by atoms with Crippen molar-refractivity contribution in [2.24, 2.45) is 28.5 Å². The third-order valence-corrected chi connectivity index (χ3v) is 11.9. The summed E-state index contributed by atoms with van der Waals surface area (Å²) in [6, 6.07) is 28.5. The molecule has 2 heterocycles. The summed E-state index contributed by atoms with van der Waals surface area (Å²) in [5, 5.41) is 30.5. The lowest BCUT2D eigenvalue weighted by Gasteiger charge is -2.48. The van der Waals surface area contributed by atoms with E-state index in [4.69, 9.17) is 21.9 Å². The highest BCUT2D eigenvalue weighted by Crippen LogP contribution is 2.44. The number of nitrogens with zero attached hydrogens (tertiary/aromatic N) is 2. The smallest absolute Gasteiger partial charge is 0.238 e. The van der Waals surface area contributed by atoms with Crippen LogP contribution in [0.2, 0.25) is 0 Å². The highest BCUT2D eigenvalue weighted by atomic mass is 16.5. The van der Waals surface area contributed by atoms with E-state index in [9.17, 15) is 15.0 Å². The number of hydrogen-bond acceptors (Lipinski definition) is 12. The van der Waals surface area contributed by atoms with Crippen LogP contribution in [0, 0.1) is 11.3 Å². The lowest BCUT2D eigenvalue weighted by atomic mass is 9.58. The van der Waals surface area contributed by atoms with Crippen LogP contribution in [0.5, 0.6) is 5.75 Å². The fraction of sp³-hybridized carbons (Fsp3) is 0.306. The predicted octanol–water partition coefficient (Wildman–Crippen LogP) is 3.74. The van der Waals surface area contributed by atoms with Gasteiger partial charge in [0.2, 0.25) is 11.7 Å². The number of amides is 1. The highest BCUT2D eigenvalue weighted by Gasteiger charge is 2.69. The molecule has 0 spiro atoms. The van der Waals surface area contributed by atoms with Crippen molar-refractivity contribution in [1.82, 2.24) is 20.3 Å². The van der Waals surface area contributed by atoms with Gasteiger partial charge in [-0.3, -0.25) is 24.2 Å². The van der Waals surface area contributed by atoms with Gasteiger partial charge in [0.05, 0.1) is 24.1 Å². The summed E-state index contributed by atoms with van der Waals surface area (Å²) < 4.78 is 6.16. The number of nitrogens with two attached hydrogens (primary N) is 3. The van der Waals surface area contributed by atoms with Gasteiger partial charge in [0.15, 0.2) is 22.6 Å². The lowest BCUT2D eigenvalue weighted by Crippen LogP contribution is -2.75. The van der Waals surface area contributed by atoms with Gasteiger partial charge in [-0.15, -0.1) is 0 Å². The highest BCUT2D eigenvalue weighted by molar-refractivity contribution is 6.15. The molecule has 0 saturated heterocycles. The van der Waals surface area contributed by atoms with Crippen LogP contribution in [0.1, 0.15) is 48.8 Å². The van der Waals surface area contributed by atoms with E-state index >= 15 is 14.4 Å². The number of aromatic amines is 1. The molecule has 0 aliphatic heterocycles. The van der Waals surface area contributed by atoms with Gasteiger partial charge in [-0.05, 0) is 53.5 Å². The van der Waals surface area contributed by atoms with Crippen LogP contribution in [0.4, 0.5) is 0 Å². The summed E-state index contributed by atoms with van der Waals surface area (Å²) in [6.07, 6.45) is 1.42. The molecule has 0 aliphatic carbocycles. The second kappa shape index (κ2) is 20.6. The number of carbonyl (C=O) groups is 4. The topological polar surface area (TPSA) is 250 Å². The van der Waals surface area contributed by atoms with Gasteiger partial charge in [0.25, 0.3) is 0 Å². The summed E-state index contributed by atoms with van der Waals surface area (Å²) >= 11 is 0. The maximum atomic E-state index is 15.9. The predicted molar refractivity (Wildman–Crippen MR) is 239 cm³/mol. The number of pyridine rings is 1. The van der Waals surface area contributed by atoms with E-state index in [0.717, 1.165) is 5.39 Å². The fourth-order valence-electron chi connectivity index (χ4n) is 8.08. The molecule has 1 unspecified atom stereocenters. The van der Waals surface area contributed by atoms with Crippen molar-refractivity contribution in [3.63, 3.8) is 0 Å². The van der Waals surface area contributed by atoms with Crippen molar-refractivity contribution in [2.45, 2.75) is 75.4 Å². The first kappa shape index (κ1) is 46.1. The second-order valence-corrected chi connectivity index (χ2v) is 16.0. The Hall–Kier alpha value is -6.42. The molecule has 0 radical (unpaired) electrons. The van der Waals surface area contributed by atoms with Crippen LogP contribution in [0.25, 0.3) is 10.8 Å². The van der Waals surface area contributed by atoms with Gasteiger partial charge < -0.3 is 42.5 Å². The fourth-order valence-corrected chi connectivity index (χ4v) is 8.08. The number of aliphatic hydroxyl groups excluding tert-OH is 1. The molecular weight excluding hydrogens is 799 g/mol. The van der Waals surface area contributed by atoms with E-state index in [1.807, 2.05) is 25.1 Å². The van der Waals surface area contributed by atoms with Gasteiger partial charge in [-0.25, -0.2) is 4.98 Å². The molecule has 4 aromatic carbocycles. The number of nitrogens with one attached hydrogen (secondary N) is 2. The first-order chi connectivity index (χ1) is 30.3. The monoisotopic (exact) mass is 853 g/mol. The number of H-pyrrole nitrogens is 1. The number of carbonyl (C=O) groups excluding carboxylic acids is 4. The number of ether oxygens (including phenoxy) is 1. The Balaban J connectivity index is 1.59. The van der Waals surface area contributed by atoms with Crippen molar-refractivity contribution < 1.29 is 34.1 Å². The molecule has 14 heteroatoms. The van der Waals surface area contributed by atoms with Crippen molar-refractivity contribution in [2.75, 3.05) is 6.61 Å². The number of imidazole rings is 1. The third-order valence-electron chi connectivity index (χ3n) is 11.9. The van der Waals surface area contributed by atoms with Gasteiger partial charge >= 0.3 is 0 Å². The normalized spacial score (nSPS) is 16.3. The second-order valence-electron chi connectivity index (χ2n) is 16.0. The van der Waals surface area contributed by atoms with Crippen LogP contribution < -0.4 is 27.3 Å². The summed E-state index contributed by atoms with van der Waals surface area (Å²) in [4.78, 5) is 72.9. The molecule has 8 atom stereocenters. The summed E-state index contributed by atoms with van der Waals surface area (Å²) in [7, 11) is 0. The quantitative estimate of drug-likeness (QED) is 0.0483. The molecule has 0 saturated carbocycles. The van der Waals surface area contributed by atoms with Gasteiger partial charge in [0.1, 0.15) is 24.5 Å². The molecule has 10 N–H and O–H groups in total. The van der Waals surface area contributed by atoms with E-state index in [0.29, 0.717) is 28.6 Å². The largest absolute Gasteiger partial charge is 0.485 e. The first-order valence-corrected chi connectivity index (χ1v) is 21.0. The average molecular weight is 854 g/mol. The number of benzene rings is 4. The number of hydrogen-bond donors (Lipinski definition) is 7. The van der Waals surface area contributed by atoms with Crippen LogP contribution in [0.15, 0.2) is 140 Å². The molecule has 328 valence electrons. The van der Waals surface area contributed by atoms with E-state index < -0.39 is 77.6 Å². The molecule has 0 aliphatic rings. The Morgan fingerprint density at radius 2 is 1.48 bits per heavy atom. The molecule has 1 amide bonds. The van der Waals surface area contributed by atoms with Crippen molar-refractivity contribution in [1.29, 1.82) is 0 Å². The zero-order chi connectivity index (χ0) is 45.1. The molecule has 0 bridgehead atoms. The van der Waals surface area contributed by atoms with E-state index in [1.165, 1.54) is 24.8 Å². The summed E-state index contributed by atoms with van der Waals surface area (Å²) in [5.74, 6) is -4.42. The average Bonchev–Trinajstić information content (AvgIpc) is 3.84. The lowest BCUT2D eigenvalue weighted by molar-refractivity contribution is -0.194. The van der Waals surface area contributed by atoms with Crippen LogP contribution in [-0.4, -0.2) is 84.9 Å². The number of fused-ring (bicyclic) bond motifs is 1. The van der Waals surface area contributed by atoms with Crippen molar-refractivity contribution in [3.05, 3.63) is 163 Å². The van der Waals surface area contributed by atoms with E-state index in [2.05, 4.69) is 20.3 Å². The van der Waals surface area contributed by atoms with Gasteiger partial charge in [-0.1, -0.05) is 123 Å². The summed E-state index contributed by atoms with van der Waals surface area (Å²) in [6.45, 7) is 2.71. The van der Waals surface area contributed by atoms with Crippen LogP contribution in [-0.2, 0) is 38.4 Å². The zero-order valence-electron chi connectivity index (χ0n) is 35.3. The first-order valence-electron chi connectivity index (χ1n) is 21.0. The minimum absolute atomic E-state index is 0.0768. The van der Waals surface area contributed by atoms with Crippen molar-refractivity contribution in [3.8, 4) is 5.75 Å². The molecule has 6 rings (SSSR count). The number of aliphatic hydroxyl groups is 2. The standard InChI is InChI=1S/C49H55N7O7/c1-3-31(2)42(52)44(58)43(39-22-12-13-24-54-39)56-47(61)48(27-33-17-8-5-9-18-33,45(59)38(51)26-35-28-53-30-55-35)49(62,46(60)37(50)25-32-15-6-4-7-16-32)41(57)29-63-40-23-14-20-34-19-10-11-21-36(34)40/h4-24,28,30-31,37-38,42-43,46,60,62H,3,25-27,29,50-52H2,1-2H3,(H,53,55)(H,56,61)/t31-,37-,38-,42-,43?,46+,48+,49-/m0/s1. The Bertz CT molecular complexity index is 2450. The molecule has 63 heavy (non-hydrogen) atoms. The maximum absolute atomic E-state index is 15.9. The number of Topliss-reactive ketones (excluding diaryl/α,β-unsaturated/α-hetero) is 3. The van der Waals surface area contributed by atoms with Gasteiger partial charge in [-0.2, -0.15) is 0 Å². The van der Waals surface area contributed by atoms with Crippen LogP contribution in [0.3, 0.4) is 0 Å². The zero-order valence-corrected chi connectivity index (χ0v) is 35.3. The Kier molecular flexibility index (Phi) is 15.1. The third kappa shape index (κ3) is 9.96. The Morgan fingerprint density at radius 3 is 2.13 bits per heavy atom. The van der Waals surface area contributed by atoms with E-state index in [-0.39, 0.29) is 30.2 Å². The molecule has 6 aromatic rings. The molecule has 14 nitrogen and oxygen atoms in total. The number of ketones is 3. The molecule has 0 fully saturated rings. The number of rotatable bonds is 22. The van der Waals surface area contributed by atoms with E-state index in [1.54, 1.807) is 104 Å². The maximum Gasteiger partial charge on any atom is 0.238 e. The number of aromatic nitrogens is 3. The minimum atomic E-state index is -3.40. The molecular formula is C49H55N7O7. The molecule has 2 aromatic heterocycles. The van der Waals surface area contributed by atoms with Crippen molar-refractivity contribution >= 4 is 34.0 Å². The summed E-state index contributed by atoms with van der Waals surface area (Å²) in [5.41, 5.74) is 15.1. The minimum Gasteiger partial charge on any atom is -0.485 e. The van der Waals surface area contributed by atoms with Crippen LogP contribution >= 0.6 is 0 Å². The Labute approximate surface area is 366 Å². The van der Waals surface area contributed by atoms with Gasteiger partial charge in [0, 0.05) is 35.9 Å².